The fraction of sp³-hybridized carbons (Fsp3) is 0.111. The summed E-state index contributed by atoms with van der Waals surface area (Å²) in [5.74, 6) is -0.468. The Kier molecular flexibility index (Phi) is 7.91. The molecule has 0 aliphatic rings. The average Bonchev–Trinajstić information content (AvgIpc) is 3.20. The first-order valence-electron chi connectivity index (χ1n) is 11.2. The molecule has 3 N–H and O–H groups in total. The maximum absolute atomic E-state index is 12.8. The molecular weight excluding hydrogens is 527 g/mol. The molecule has 0 spiro atoms. The number of carbonyl (C=O) groups excluding carboxylic acids is 1. The van der Waals surface area contributed by atoms with Gasteiger partial charge in [0.15, 0.2) is 5.11 Å². The first kappa shape index (κ1) is 26.3. The third-order valence-electron chi connectivity index (χ3n) is 5.58. The minimum atomic E-state index is -3.75. The van der Waals surface area contributed by atoms with Crippen LogP contribution in [0.4, 0.5) is 16.4 Å². The lowest BCUT2D eigenvalue weighted by Crippen LogP contribution is -2.20. The van der Waals surface area contributed by atoms with Gasteiger partial charge >= 0.3 is 5.97 Å². The average molecular weight is 552 g/mol. The molecule has 1 heterocycles. The van der Waals surface area contributed by atoms with Crippen molar-refractivity contribution >= 4 is 61.0 Å². The molecule has 10 heteroatoms. The van der Waals surface area contributed by atoms with Crippen LogP contribution in [0.2, 0.25) is 0 Å². The largest absolute Gasteiger partial charge is 0.465 e. The van der Waals surface area contributed by atoms with Crippen molar-refractivity contribution in [2.75, 3.05) is 22.5 Å². The second-order valence-electron chi connectivity index (χ2n) is 8.12. The van der Waals surface area contributed by atoms with Crippen LogP contribution in [0.5, 0.6) is 0 Å². The normalized spacial score (nSPS) is 11.0. The molecule has 0 radical (unpaired) electrons. The zero-order chi connectivity index (χ0) is 26.6. The molecule has 0 aliphatic carbocycles. The van der Waals surface area contributed by atoms with E-state index in [1.165, 1.54) is 30.6 Å². The van der Waals surface area contributed by atoms with E-state index in [2.05, 4.69) is 15.4 Å². The number of thiophene rings is 1. The highest BCUT2D eigenvalue weighted by Gasteiger charge is 2.24. The number of rotatable bonds is 7. The first-order chi connectivity index (χ1) is 17.7. The van der Waals surface area contributed by atoms with Crippen molar-refractivity contribution in [3.63, 3.8) is 0 Å². The molecule has 0 unspecified atom stereocenters. The van der Waals surface area contributed by atoms with Gasteiger partial charge in [-0.15, -0.1) is 11.3 Å². The molecule has 4 aromatic rings. The third-order valence-corrected chi connectivity index (χ3v) is 8.18. The SMILES string of the molecule is COC(=O)c1c(NC(=S)Nc2ccc(S(=O)(=O)Nc3ccccc3C)cc2)sc(C)c1-c1ccccc1. The van der Waals surface area contributed by atoms with E-state index in [4.69, 9.17) is 17.0 Å². The van der Waals surface area contributed by atoms with Crippen LogP contribution < -0.4 is 15.4 Å². The van der Waals surface area contributed by atoms with Gasteiger partial charge in [-0.25, -0.2) is 13.2 Å². The Morgan fingerprint density at radius 1 is 0.892 bits per heavy atom. The number of ether oxygens (including phenoxy) is 1. The molecule has 0 fully saturated rings. The molecule has 37 heavy (non-hydrogen) atoms. The van der Waals surface area contributed by atoms with Crippen molar-refractivity contribution in [1.29, 1.82) is 0 Å². The van der Waals surface area contributed by atoms with Crippen molar-refractivity contribution in [3.8, 4) is 11.1 Å². The van der Waals surface area contributed by atoms with Crippen molar-refractivity contribution in [2.24, 2.45) is 0 Å². The van der Waals surface area contributed by atoms with E-state index in [9.17, 15) is 13.2 Å². The van der Waals surface area contributed by atoms with Crippen LogP contribution in [0.25, 0.3) is 11.1 Å². The van der Waals surface area contributed by atoms with Gasteiger partial charge in [-0.05, 0) is 67.5 Å². The van der Waals surface area contributed by atoms with Crippen LogP contribution >= 0.6 is 23.6 Å². The minimum absolute atomic E-state index is 0.120. The van der Waals surface area contributed by atoms with Crippen molar-refractivity contribution in [2.45, 2.75) is 18.7 Å². The second-order valence-corrected chi connectivity index (χ2v) is 11.4. The van der Waals surface area contributed by atoms with Gasteiger partial charge in [-0.2, -0.15) is 0 Å². The summed E-state index contributed by atoms with van der Waals surface area (Å²) in [6.07, 6.45) is 0. The van der Waals surface area contributed by atoms with Gasteiger partial charge in [-0.1, -0.05) is 48.5 Å². The first-order valence-corrected chi connectivity index (χ1v) is 13.9. The summed E-state index contributed by atoms with van der Waals surface area (Å²) in [6.45, 7) is 3.77. The van der Waals surface area contributed by atoms with Crippen LogP contribution in [-0.4, -0.2) is 26.6 Å². The van der Waals surface area contributed by atoms with Crippen molar-refractivity contribution in [3.05, 3.63) is 94.9 Å². The lowest BCUT2D eigenvalue weighted by Gasteiger charge is -2.13. The summed E-state index contributed by atoms with van der Waals surface area (Å²) in [4.78, 5) is 13.7. The van der Waals surface area contributed by atoms with Gasteiger partial charge in [0.05, 0.1) is 17.7 Å². The van der Waals surface area contributed by atoms with Crippen LogP contribution in [0, 0.1) is 13.8 Å². The number of carbonyl (C=O) groups is 1. The smallest absolute Gasteiger partial charge is 0.341 e. The number of nitrogens with one attached hydrogen (secondary N) is 3. The third kappa shape index (κ3) is 5.99. The van der Waals surface area contributed by atoms with E-state index in [0.717, 1.165) is 21.6 Å². The lowest BCUT2D eigenvalue weighted by molar-refractivity contribution is 0.0603. The molecule has 0 amide bonds. The summed E-state index contributed by atoms with van der Waals surface area (Å²) >= 11 is 6.88. The molecule has 0 saturated heterocycles. The summed E-state index contributed by atoms with van der Waals surface area (Å²) < 4.78 is 33.3. The zero-order valence-corrected chi connectivity index (χ0v) is 22.8. The molecule has 1 aromatic heterocycles. The highest BCUT2D eigenvalue weighted by Crippen LogP contribution is 2.40. The highest BCUT2D eigenvalue weighted by atomic mass is 32.2. The standard InChI is InChI=1S/C27H25N3O4S3/c1-17-9-7-8-12-22(17)30-37(32,33)21-15-13-20(14-16-21)28-27(35)29-25-24(26(31)34-3)23(18(2)36-25)19-10-5-4-6-11-19/h4-16,30H,1-3H3,(H2,28,29,35). The summed E-state index contributed by atoms with van der Waals surface area (Å²) in [7, 11) is -2.41. The van der Waals surface area contributed by atoms with Gasteiger partial charge in [0.25, 0.3) is 10.0 Å². The van der Waals surface area contributed by atoms with Crippen LogP contribution in [0.15, 0.2) is 83.8 Å². The van der Waals surface area contributed by atoms with Crippen LogP contribution in [-0.2, 0) is 14.8 Å². The minimum Gasteiger partial charge on any atom is -0.465 e. The number of hydrogen-bond donors (Lipinski definition) is 3. The summed E-state index contributed by atoms with van der Waals surface area (Å²) in [5.41, 5.74) is 4.04. The fourth-order valence-corrected chi connectivity index (χ4v) is 6.24. The number of benzene rings is 3. The Balaban J connectivity index is 1.51. The zero-order valence-electron chi connectivity index (χ0n) is 20.4. The molecule has 3 aromatic carbocycles. The molecule has 4 rings (SSSR count). The number of thiocarbonyl (C=S) groups is 1. The molecular formula is C27H25N3O4S3. The maximum Gasteiger partial charge on any atom is 0.341 e. The van der Waals surface area contributed by atoms with Gasteiger partial charge in [0.1, 0.15) is 10.6 Å². The van der Waals surface area contributed by atoms with E-state index >= 15 is 0 Å². The van der Waals surface area contributed by atoms with E-state index in [1.54, 1.807) is 24.3 Å². The quantitative estimate of drug-likeness (QED) is 0.180. The van der Waals surface area contributed by atoms with E-state index in [-0.39, 0.29) is 10.0 Å². The van der Waals surface area contributed by atoms with E-state index in [1.807, 2.05) is 56.3 Å². The topological polar surface area (TPSA) is 96.5 Å². The van der Waals surface area contributed by atoms with Gasteiger partial charge in [0.2, 0.25) is 0 Å². The molecule has 0 aliphatic heterocycles. The fourth-order valence-electron chi connectivity index (χ4n) is 3.76. The Morgan fingerprint density at radius 3 is 2.19 bits per heavy atom. The van der Waals surface area contributed by atoms with Crippen LogP contribution in [0.1, 0.15) is 20.8 Å². The molecule has 0 bridgehead atoms. The second kappa shape index (κ2) is 11.1. The predicted molar refractivity (Wildman–Crippen MR) is 154 cm³/mol. The lowest BCUT2D eigenvalue weighted by atomic mass is 10.0. The number of hydrogen-bond acceptors (Lipinski definition) is 6. The Hall–Kier alpha value is -3.73. The molecule has 0 atom stereocenters. The van der Waals surface area contributed by atoms with E-state index in [0.29, 0.717) is 21.9 Å². The molecule has 0 saturated carbocycles. The Bertz CT molecular complexity index is 1550. The number of esters is 1. The number of anilines is 3. The number of methoxy groups -OCH3 is 1. The summed E-state index contributed by atoms with van der Waals surface area (Å²) in [5, 5.41) is 6.94. The monoisotopic (exact) mass is 551 g/mol. The van der Waals surface area contributed by atoms with Crippen molar-refractivity contribution < 1.29 is 17.9 Å². The molecule has 7 nitrogen and oxygen atoms in total. The maximum atomic E-state index is 12.8. The molecule has 190 valence electrons. The van der Waals surface area contributed by atoms with Gasteiger partial charge in [0, 0.05) is 16.1 Å². The predicted octanol–water partition coefficient (Wildman–Crippen LogP) is 6.43. The highest BCUT2D eigenvalue weighted by molar-refractivity contribution is 7.92. The van der Waals surface area contributed by atoms with E-state index < -0.39 is 16.0 Å². The number of aryl methyl sites for hydroxylation is 2. The van der Waals surface area contributed by atoms with Crippen molar-refractivity contribution in [1.82, 2.24) is 0 Å². The Labute approximate surface area is 225 Å². The number of para-hydroxylation sites is 1. The van der Waals surface area contributed by atoms with Gasteiger partial charge < -0.3 is 15.4 Å². The number of sulfonamides is 1. The van der Waals surface area contributed by atoms with Gasteiger partial charge in [-0.3, -0.25) is 4.72 Å². The summed E-state index contributed by atoms with van der Waals surface area (Å²) in [6, 6.07) is 23.0. The Morgan fingerprint density at radius 2 is 1.54 bits per heavy atom. The van der Waals surface area contributed by atoms with Crippen LogP contribution in [0.3, 0.4) is 0 Å².